The number of benzene rings is 1. The van der Waals surface area contributed by atoms with Gasteiger partial charge in [-0.3, -0.25) is 0 Å². The standard InChI is InChI=1S/C10H10F3NOS/c1-16-8-4-2-7(3-5-8)9(14-15)6-10(11,12)13/h2-5,15H,6H2,1H3/b14-9+. The zero-order valence-corrected chi connectivity index (χ0v) is 9.27. The van der Waals surface area contributed by atoms with Crippen LogP contribution in [0.4, 0.5) is 13.2 Å². The Balaban J connectivity index is 2.88. The van der Waals surface area contributed by atoms with Crippen molar-refractivity contribution in [3.8, 4) is 0 Å². The van der Waals surface area contributed by atoms with Crippen molar-refractivity contribution in [1.82, 2.24) is 0 Å². The lowest BCUT2D eigenvalue weighted by Gasteiger charge is -2.08. The van der Waals surface area contributed by atoms with E-state index in [1.165, 1.54) is 23.9 Å². The van der Waals surface area contributed by atoms with Gasteiger partial charge >= 0.3 is 6.18 Å². The molecule has 0 amide bonds. The number of hydrogen-bond donors (Lipinski definition) is 1. The molecule has 0 aliphatic heterocycles. The maximum Gasteiger partial charge on any atom is 0.394 e. The van der Waals surface area contributed by atoms with Crippen LogP contribution in [0.5, 0.6) is 0 Å². The Labute approximate surface area is 95.2 Å². The van der Waals surface area contributed by atoms with E-state index < -0.39 is 12.6 Å². The molecule has 0 saturated heterocycles. The molecule has 0 fully saturated rings. The van der Waals surface area contributed by atoms with Gasteiger partial charge in [0.05, 0.1) is 12.1 Å². The molecule has 0 aromatic heterocycles. The molecule has 6 heteroatoms. The minimum Gasteiger partial charge on any atom is -0.411 e. The normalized spacial score (nSPS) is 12.9. The molecule has 1 aromatic carbocycles. The van der Waals surface area contributed by atoms with Crippen molar-refractivity contribution in [1.29, 1.82) is 0 Å². The molecule has 1 N–H and O–H groups in total. The number of rotatable bonds is 3. The first-order valence-electron chi connectivity index (χ1n) is 4.38. The van der Waals surface area contributed by atoms with Crippen molar-refractivity contribution >= 4 is 17.5 Å². The summed E-state index contributed by atoms with van der Waals surface area (Å²) in [5.74, 6) is 0. The third kappa shape index (κ3) is 3.77. The largest absolute Gasteiger partial charge is 0.411 e. The maximum atomic E-state index is 12.1. The number of oxime groups is 1. The van der Waals surface area contributed by atoms with Crippen molar-refractivity contribution in [2.45, 2.75) is 17.5 Å². The molecule has 0 bridgehead atoms. The third-order valence-electron chi connectivity index (χ3n) is 1.91. The summed E-state index contributed by atoms with van der Waals surface area (Å²) in [5, 5.41) is 11.2. The molecule has 16 heavy (non-hydrogen) atoms. The fourth-order valence-electron chi connectivity index (χ4n) is 1.17. The highest BCUT2D eigenvalue weighted by Crippen LogP contribution is 2.23. The fraction of sp³-hybridized carbons (Fsp3) is 0.300. The van der Waals surface area contributed by atoms with Gasteiger partial charge in [-0.15, -0.1) is 11.8 Å². The van der Waals surface area contributed by atoms with E-state index in [0.29, 0.717) is 0 Å². The van der Waals surface area contributed by atoms with Crippen molar-refractivity contribution in [3.63, 3.8) is 0 Å². The average Bonchev–Trinajstić information content (AvgIpc) is 2.25. The van der Waals surface area contributed by atoms with E-state index in [4.69, 9.17) is 5.21 Å². The lowest BCUT2D eigenvalue weighted by molar-refractivity contribution is -0.121. The molecule has 0 saturated carbocycles. The summed E-state index contributed by atoms with van der Waals surface area (Å²) in [7, 11) is 0. The van der Waals surface area contributed by atoms with Crippen LogP contribution in [0, 0.1) is 0 Å². The zero-order chi connectivity index (χ0) is 12.2. The van der Waals surface area contributed by atoms with Crippen molar-refractivity contribution < 1.29 is 18.4 Å². The predicted octanol–water partition coefficient (Wildman–Crippen LogP) is 3.54. The minimum atomic E-state index is -4.38. The first kappa shape index (κ1) is 12.9. The molecule has 0 heterocycles. The average molecular weight is 249 g/mol. The summed E-state index contributed by atoms with van der Waals surface area (Å²) in [6.07, 6.45) is -3.74. The number of nitrogens with zero attached hydrogens (tertiary/aromatic N) is 1. The quantitative estimate of drug-likeness (QED) is 0.384. The summed E-state index contributed by atoms with van der Waals surface area (Å²) < 4.78 is 36.4. The van der Waals surface area contributed by atoms with Crippen LogP contribution in [0.25, 0.3) is 0 Å². The first-order valence-corrected chi connectivity index (χ1v) is 5.61. The molecule has 1 rings (SSSR count). The van der Waals surface area contributed by atoms with Gasteiger partial charge in [-0.25, -0.2) is 0 Å². The van der Waals surface area contributed by atoms with Gasteiger partial charge in [0.15, 0.2) is 0 Å². The molecule has 88 valence electrons. The van der Waals surface area contributed by atoms with Gasteiger partial charge in [0.25, 0.3) is 0 Å². The summed E-state index contributed by atoms with van der Waals surface area (Å²) >= 11 is 1.49. The summed E-state index contributed by atoms with van der Waals surface area (Å²) in [6, 6.07) is 6.38. The van der Waals surface area contributed by atoms with Gasteiger partial charge < -0.3 is 5.21 Å². The Morgan fingerprint density at radius 1 is 1.31 bits per heavy atom. The zero-order valence-electron chi connectivity index (χ0n) is 8.45. The molecule has 0 unspecified atom stereocenters. The Kier molecular flexibility index (Phi) is 4.23. The number of hydrogen-bond acceptors (Lipinski definition) is 3. The van der Waals surface area contributed by atoms with Gasteiger partial charge in [0.1, 0.15) is 0 Å². The lowest BCUT2D eigenvalue weighted by atomic mass is 10.1. The van der Waals surface area contributed by atoms with Crippen LogP contribution in [-0.2, 0) is 0 Å². The number of thioether (sulfide) groups is 1. The molecular weight excluding hydrogens is 239 g/mol. The summed E-state index contributed by atoms with van der Waals surface area (Å²) in [4.78, 5) is 0.938. The van der Waals surface area contributed by atoms with Crippen molar-refractivity contribution in [3.05, 3.63) is 29.8 Å². The van der Waals surface area contributed by atoms with Gasteiger partial charge in [-0.05, 0) is 24.0 Å². The highest BCUT2D eigenvalue weighted by atomic mass is 32.2. The van der Waals surface area contributed by atoms with E-state index in [9.17, 15) is 13.2 Å². The molecule has 0 atom stereocenters. The van der Waals surface area contributed by atoms with Crippen LogP contribution in [0.2, 0.25) is 0 Å². The Morgan fingerprint density at radius 2 is 1.88 bits per heavy atom. The maximum absolute atomic E-state index is 12.1. The topological polar surface area (TPSA) is 32.6 Å². The minimum absolute atomic E-state index is 0.276. The van der Waals surface area contributed by atoms with Crippen LogP contribution in [0.3, 0.4) is 0 Å². The van der Waals surface area contributed by atoms with Crippen LogP contribution < -0.4 is 0 Å². The van der Waals surface area contributed by atoms with E-state index in [-0.39, 0.29) is 11.3 Å². The molecule has 0 aliphatic carbocycles. The smallest absolute Gasteiger partial charge is 0.394 e. The van der Waals surface area contributed by atoms with Gasteiger partial charge in [-0.2, -0.15) is 13.2 Å². The van der Waals surface area contributed by atoms with E-state index in [1.54, 1.807) is 12.1 Å². The molecule has 0 radical (unpaired) electrons. The van der Waals surface area contributed by atoms with Crippen LogP contribution in [0.15, 0.2) is 34.3 Å². The second-order valence-corrected chi connectivity index (χ2v) is 3.95. The Bertz CT molecular complexity index is 373. The van der Waals surface area contributed by atoms with E-state index in [0.717, 1.165) is 4.90 Å². The Morgan fingerprint density at radius 3 is 2.25 bits per heavy atom. The van der Waals surface area contributed by atoms with Gasteiger partial charge in [0.2, 0.25) is 0 Å². The fourth-order valence-corrected chi connectivity index (χ4v) is 1.58. The van der Waals surface area contributed by atoms with Crippen molar-refractivity contribution in [2.24, 2.45) is 5.16 Å². The second-order valence-electron chi connectivity index (χ2n) is 3.07. The highest BCUT2D eigenvalue weighted by molar-refractivity contribution is 7.98. The monoisotopic (exact) mass is 249 g/mol. The Hall–Kier alpha value is -1.17. The summed E-state index contributed by atoms with van der Waals surface area (Å²) in [6.45, 7) is 0. The molecule has 1 aromatic rings. The summed E-state index contributed by atoms with van der Waals surface area (Å²) in [5.41, 5.74) is -0.0993. The van der Waals surface area contributed by atoms with Gasteiger partial charge in [0, 0.05) is 4.90 Å². The van der Waals surface area contributed by atoms with E-state index in [2.05, 4.69) is 5.16 Å². The number of halogens is 3. The molecular formula is C10H10F3NOS. The van der Waals surface area contributed by atoms with E-state index >= 15 is 0 Å². The van der Waals surface area contributed by atoms with Crippen molar-refractivity contribution in [2.75, 3.05) is 6.26 Å². The molecule has 0 aliphatic rings. The molecule has 0 spiro atoms. The van der Waals surface area contributed by atoms with Crippen LogP contribution >= 0.6 is 11.8 Å². The lowest BCUT2D eigenvalue weighted by Crippen LogP contribution is -2.15. The van der Waals surface area contributed by atoms with Gasteiger partial charge in [-0.1, -0.05) is 17.3 Å². The number of alkyl halides is 3. The second kappa shape index (κ2) is 5.25. The third-order valence-corrected chi connectivity index (χ3v) is 2.66. The molecule has 2 nitrogen and oxygen atoms in total. The van der Waals surface area contributed by atoms with E-state index in [1.807, 2.05) is 6.26 Å². The highest BCUT2D eigenvalue weighted by Gasteiger charge is 2.30. The van der Waals surface area contributed by atoms with Crippen LogP contribution in [0.1, 0.15) is 12.0 Å². The van der Waals surface area contributed by atoms with Crippen LogP contribution in [-0.4, -0.2) is 23.4 Å². The SMILES string of the molecule is CSc1ccc(/C(CC(F)(F)F)=N/O)cc1. The first-order chi connectivity index (χ1) is 7.46. The predicted molar refractivity (Wildman–Crippen MR) is 57.2 cm³/mol.